The molecule has 5 heteroatoms. The van der Waals surface area contributed by atoms with Crippen LogP contribution >= 0.6 is 0 Å². The smallest absolute Gasteiger partial charge is 0.314 e. The Labute approximate surface area is 102 Å². The molecule has 0 aromatic heterocycles. The Morgan fingerprint density at radius 1 is 1.29 bits per heavy atom. The van der Waals surface area contributed by atoms with Crippen LogP contribution in [0.15, 0.2) is 0 Å². The van der Waals surface area contributed by atoms with Crippen molar-refractivity contribution >= 4 is 0 Å². The summed E-state index contributed by atoms with van der Waals surface area (Å²) < 4.78 is 37.2. The number of hydrogen-bond donors (Lipinski definition) is 1. The van der Waals surface area contributed by atoms with Crippen molar-refractivity contribution < 1.29 is 13.2 Å². The quantitative estimate of drug-likeness (QED) is 0.782. The zero-order valence-corrected chi connectivity index (χ0v) is 10.8. The first-order chi connectivity index (χ1) is 7.83. The molecular formula is C12H23F3N2. The molecule has 0 aromatic carbocycles. The van der Waals surface area contributed by atoms with Gasteiger partial charge in [0.05, 0.1) is 6.54 Å². The maximum Gasteiger partial charge on any atom is 0.401 e. The van der Waals surface area contributed by atoms with Crippen LogP contribution in [-0.4, -0.2) is 42.8 Å². The highest BCUT2D eigenvalue weighted by atomic mass is 19.4. The molecule has 2 atom stereocenters. The molecule has 1 aliphatic rings. The van der Waals surface area contributed by atoms with Gasteiger partial charge in [0.25, 0.3) is 0 Å². The van der Waals surface area contributed by atoms with Crippen LogP contribution in [0, 0.1) is 5.92 Å². The van der Waals surface area contributed by atoms with Crippen LogP contribution in [0.4, 0.5) is 13.2 Å². The van der Waals surface area contributed by atoms with E-state index in [0.717, 1.165) is 19.4 Å². The van der Waals surface area contributed by atoms with Gasteiger partial charge in [-0.1, -0.05) is 20.8 Å². The van der Waals surface area contributed by atoms with Gasteiger partial charge in [0.1, 0.15) is 0 Å². The summed E-state index contributed by atoms with van der Waals surface area (Å²) in [6.45, 7) is 6.45. The molecular weight excluding hydrogens is 229 g/mol. The molecule has 0 bridgehead atoms. The first kappa shape index (κ1) is 14.8. The second kappa shape index (κ2) is 6.05. The number of alkyl halides is 3. The van der Waals surface area contributed by atoms with Crippen molar-refractivity contribution in [3.05, 3.63) is 0 Å². The fourth-order valence-corrected chi connectivity index (χ4v) is 2.35. The average Bonchev–Trinajstić information content (AvgIpc) is 2.12. The van der Waals surface area contributed by atoms with Crippen molar-refractivity contribution in [2.24, 2.45) is 5.92 Å². The largest absolute Gasteiger partial charge is 0.401 e. The van der Waals surface area contributed by atoms with E-state index < -0.39 is 12.7 Å². The van der Waals surface area contributed by atoms with Crippen LogP contribution < -0.4 is 5.32 Å². The van der Waals surface area contributed by atoms with Gasteiger partial charge in [-0.05, 0) is 31.8 Å². The Hall–Kier alpha value is -0.290. The second-order valence-corrected chi connectivity index (χ2v) is 5.15. The van der Waals surface area contributed by atoms with Crippen LogP contribution in [0.1, 0.15) is 33.6 Å². The Morgan fingerprint density at radius 2 is 1.94 bits per heavy atom. The lowest BCUT2D eigenvalue weighted by Crippen LogP contribution is -2.53. The predicted molar refractivity (Wildman–Crippen MR) is 63.0 cm³/mol. The molecule has 0 saturated heterocycles. The molecule has 1 N–H and O–H groups in total. The summed E-state index contributed by atoms with van der Waals surface area (Å²) >= 11 is 0. The molecule has 1 saturated carbocycles. The fourth-order valence-electron chi connectivity index (χ4n) is 2.35. The maximum absolute atomic E-state index is 12.4. The van der Waals surface area contributed by atoms with Gasteiger partial charge >= 0.3 is 6.18 Å². The lowest BCUT2D eigenvalue weighted by atomic mass is 9.78. The number of hydrogen-bond acceptors (Lipinski definition) is 2. The molecule has 0 heterocycles. The highest BCUT2D eigenvalue weighted by Crippen LogP contribution is 2.33. The Balaban J connectivity index is 2.41. The van der Waals surface area contributed by atoms with Crippen LogP contribution in [0.2, 0.25) is 0 Å². The predicted octanol–water partition coefficient (Wildman–Crippen LogP) is 2.65. The van der Waals surface area contributed by atoms with Crippen LogP contribution in [0.3, 0.4) is 0 Å². The summed E-state index contributed by atoms with van der Waals surface area (Å²) in [4.78, 5) is 1.57. The lowest BCUT2D eigenvalue weighted by Gasteiger charge is -2.44. The third-order valence-electron chi connectivity index (χ3n) is 3.42. The van der Waals surface area contributed by atoms with Gasteiger partial charge in [0, 0.05) is 12.1 Å². The Bertz CT molecular complexity index is 228. The highest BCUT2D eigenvalue weighted by Gasteiger charge is 2.39. The summed E-state index contributed by atoms with van der Waals surface area (Å²) in [6, 6.07) is 0.502. The monoisotopic (exact) mass is 252 g/mol. The normalized spacial score (nSPS) is 25.4. The topological polar surface area (TPSA) is 15.3 Å². The van der Waals surface area contributed by atoms with Crippen molar-refractivity contribution in [2.45, 2.75) is 51.9 Å². The van der Waals surface area contributed by atoms with E-state index >= 15 is 0 Å². The summed E-state index contributed by atoms with van der Waals surface area (Å²) in [6.07, 6.45) is -2.14. The van der Waals surface area contributed by atoms with Gasteiger partial charge in [-0.3, -0.25) is 4.90 Å². The number of nitrogens with one attached hydrogen (secondary N) is 1. The molecule has 0 aromatic rings. The van der Waals surface area contributed by atoms with Crippen LogP contribution in [-0.2, 0) is 0 Å². The van der Waals surface area contributed by atoms with Crippen LogP contribution in [0.5, 0.6) is 0 Å². The van der Waals surface area contributed by atoms with Crippen molar-refractivity contribution in [3.8, 4) is 0 Å². The van der Waals surface area contributed by atoms with Gasteiger partial charge in [-0.25, -0.2) is 0 Å². The van der Waals surface area contributed by atoms with E-state index in [1.807, 2.05) is 0 Å². The molecule has 17 heavy (non-hydrogen) atoms. The molecule has 2 unspecified atom stereocenters. The molecule has 0 aliphatic heterocycles. The average molecular weight is 252 g/mol. The first-order valence-corrected chi connectivity index (χ1v) is 6.37. The lowest BCUT2D eigenvalue weighted by molar-refractivity contribution is -0.157. The zero-order chi connectivity index (χ0) is 13.1. The number of rotatable bonds is 6. The molecule has 1 fully saturated rings. The second-order valence-electron chi connectivity index (χ2n) is 5.15. The van der Waals surface area contributed by atoms with E-state index in [9.17, 15) is 13.2 Å². The molecule has 0 spiro atoms. The Morgan fingerprint density at radius 3 is 2.29 bits per heavy atom. The SMILES string of the molecule is CCN(CC(F)(F)F)C1CCC1CNC(C)C. The molecule has 0 amide bonds. The molecule has 0 radical (unpaired) electrons. The van der Waals surface area contributed by atoms with Crippen molar-refractivity contribution in [2.75, 3.05) is 19.6 Å². The fraction of sp³-hybridized carbons (Fsp3) is 1.00. The van der Waals surface area contributed by atoms with Crippen LogP contribution in [0.25, 0.3) is 0 Å². The van der Waals surface area contributed by atoms with E-state index in [1.165, 1.54) is 0 Å². The third-order valence-corrected chi connectivity index (χ3v) is 3.42. The van der Waals surface area contributed by atoms with Crippen molar-refractivity contribution in [1.82, 2.24) is 10.2 Å². The highest BCUT2D eigenvalue weighted by molar-refractivity contribution is 4.90. The first-order valence-electron chi connectivity index (χ1n) is 6.37. The zero-order valence-electron chi connectivity index (χ0n) is 10.8. The number of halogens is 3. The number of nitrogens with zero attached hydrogens (tertiary/aromatic N) is 1. The van der Waals surface area contributed by atoms with E-state index in [4.69, 9.17) is 0 Å². The Kier molecular flexibility index (Phi) is 5.25. The van der Waals surface area contributed by atoms with E-state index in [-0.39, 0.29) is 6.04 Å². The van der Waals surface area contributed by atoms with Crippen molar-refractivity contribution in [1.29, 1.82) is 0 Å². The van der Waals surface area contributed by atoms with Gasteiger partial charge in [-0.2, -0.15) is 13.2 Å². The van der Waals surface area contributed by atoms with Gasteiger partial charge in [0.15, 0.2) is 0 Å². The third kappa shape index (κ3) is 4.84. The van der Waals surface area contributed by atoms with E-state index in [0.29, 0.717) is 18.5 Å². The van der Waals surface area contributed by atoms with Gasteiger partial charge in [0.2, 0.25) is 0 Å². The summed E-state index contributed by atoms with van der Waals surface area (Å²) in [5.74, 6) is 0.375. The molecule has 102 valence electrons. The summed E-state index contributed by atoms with van der Waals surface area (Å²) in [5.41, 5.74) is 0. The minimum absolute atomic E-state index is 0.105. The summed E-state index contributed by atoms with van der Waals surface area (Å²) in [5, 5.41) is 3.31. The van der Waals surface area contributed by atoms with Gasteiger partial charge in [-0.15, -0.1) is 0 Å². The minimum atomic E-state index is -4.08. The van der Waals surface area contributed by atoms with E-state index in [2.05, 4.69) is 19.2 Å². The molecule has 1 rings (SSSR count). The molecule has 2 nitrogen and oxygen atoms in total. The van der Waals surface area contributed by atoms with E-state index in [1.54, 1.807) is 11.8 Å². The molecule has 1 aliphatic carbocycles. The van der Waals surface area contributed by atoms with Gasteiger partial charge < -0.3 is 5.32 Å². The van der Waals surface area contributed by atoms with Crippen molar-refractivity contribution in [3.63, 3.8) is 0 Å². The summed E-state index contributed by atoms with van der Waals surface area (Å²) in [7, 11) is 0. The minimum Gasteiger partial charge on any atom is -0.314 e. The maximum atomic E-state index is 12.4. The standard InChI is InChI=1S/C12H23F3N2/c1-4-17(8-12(13,14)15)11-6-5-10(11)7-16-9(2)3/h9-11,16H,4-8H2,1-3H3.